The van der Waals surface area contributed by atoms with Gasteiger partial charge in [-0.1, -0.05) is 6.92 Å². The molecule has 0 radical (unpaired) electrons. The molecule has 6 heteroatoms. The second-order valence-electron chi connectivity index (χ2n) is 6.02. The zero-order valence-electron chi connectivity index (χ0n) is 13.2. The highest BCUT2D eigenvalue weighted by molar-refractivity contribution is 5.93. The topological polar surface area (TPSA) is 61.4 Å². The highest BCUT2D eigenvalue weighted by Crippen LogP contribution is 2.17. The number of nitrogens with zero attached hydrogens (tertiary/aromatic N) is 4. The van der Waals surface area contributed by atoms with Gasteiger partial charge in [0.25, 0.3) is 5.91 Å². The molecule has 0 saturated carbocycles. The van der Waals surface area contributed by atoms with Crippen LogP contribution >= 0.6 is 0 Å². The van der Waals surface area contributed by atoms with Crippen LogP contribution in [0.4, 0.5) is 5.95 Å². The third kappa shape index (κ3) is 4.67. The molecule has 1 amide bonds. The van der Waals surface area contributed by atoms with Crippen molar-refractivity contribution in [3.8, 4) is 0 Å². The highest BCUT2D eigenvalue weighted by Gasteiger charge is 2.22. The van der Waals surface area contributed by atoms with Crippen molar-refractivity contribution in [1.82, 2.24) is 19.8 Å². The summed E-state index contributed by atoms with van der Waals surface area (Å²) in [6, 6.07) is 0. The highest BCUT2D eigenvalue weighted by atomic mass is 16.2. The van der Waals surface area contributed by atoms with E-state index >= 15 is 0 Å². The van der Waals surface area contributed by atoms with Crippen molar-refractivity contribution >= 4 is 11.9 Å². The van der Waals surface area contributed by atoms with E-state index in [1.54, 1.807) is 12.4 Å². The molecule has 1 aromatic rings. The zero-order chi connectivity index (χ0) is 15.2. The van der Waals surface area contributed by atoms with Gasteiger partial charge in [0.1, 0.15) is 0 Å². The summed E-state index contributed by atoms with van der Waals surface area (Å²) >= 11 is 0. The van der Waals surface area contributed by atoms with E-state index in [0.29, 0.717) is 17.4 Å². The van der Waals surface area contributed by atoms with Crippen molar-refractivity contribution in [2.75, 3.05) is 45.6 Å². The van der Waals surface area contributed by atoms with Crippen LogP contribution in [-0.4, -0.2) is 65.9 Å². The van der Waals surface area contributed by atoms with Gasteiger partial charge in [-0.3, -0.25) is 4.79 Å². The van der Waals surface area contributed by atoms with Crippen LogP contribution in [0.2, 0.25) is 0 Å². The van der Waals surface area contributed by atoms with Crippen molar-refractivity contribution in [2.45, 2.75) is 19.8 Å². The summed E-state index contributed by atoms with van der Waals surface area (Å²) in [4.78, 5) is 24.8. The fourth-order valence-electron chi connectivity index (χ4n) is 2.48. The Hall–Kier alpha value is -1.69. The molecular weight excluding hydrogens is 266 g/mol. The number of likely N-dealkylation sites (N-methyl/N-ethyl adjacent to an activating group) is 1. The second-order valence-corrected chi connectivity index (χ2v) is 6.02. The summed E-state index contributed by atoms with van der Waals surface area (Å²) < 4.78 is 0. The van der Waals surface area contributed by atoms with E-state index in [9.17, 15) is 4.79 Å². The third-order valence-electron chi connectivity index (χ3n) is 3.69. The molecule has 2 heterocycles. The van der Waals surface area contributed by atoms with Crippen LogP contribution < -0.4 is 5.32 Å². The van der Waals surface area contributed by atoms with Gasteiger partial charge >= 0.3 is 0 Å². The van der Waals surface area contributed by atoms with Gasteiger partial charge in [-0.25, -0.2) is 9.97 Å². The number of amides is 1. The largest absolute Gasteiger partial charge is 0.353 e. The Labute approximate surface area is 126 Å². The number of likely N-dealkylation sites (tertiary alicyclic amines) is 1. The van der Waals surface area contributed by atoms with E-state index in [1.807, 2.05) is 19.0 Å². The monoisotopic (exact) mass is 291 g/mol. The number of rotatable bonds is 5. The molecule has 1 aliphatic rings. The first-order valence-electron chi connectivity index (χ1n) is 7.56. The molecular formula is C15H25N5O. The van der Waals surface area contributed by atoms with Crippen molar-refractivity contribution in [2.24, 2.45) is 5.92 Å². The Kier molecular flexibility index (Phi) is 5.50. The molecule has 0 bridgehead atoms. The van der Waals surface area contributed by atoms with Gasteiger partial charge in [-0.15, -0.1) is 0 Å². The number of hydrogen-bond acceptors (Lipinski definition) is 5. The van der Waals surface area contributed by atoms with Crippen LogP contribution in [0.15, 0.2) is 12.4 Å². The average Bonchev–Trinajstić information content (AvgIpc) is 2.47. The van der Waals surface area contributed by atoms with E-state index in [-0.39, 0.29) is 5.91 Å². The molecule has 116 valence electrons. The zero-order valence-corrected chi connectivity index (χ0v) is 13.2. The van der Waals surface area contributed by atoms with E-state index in [1.165, 1.54) is 6.42 Å². The SMILES string of the molecule is CC1CCCN(C(=O)c2cnc(NCCN(C)C)nc2)C1. The number of piperidine rings is 1. The van der Waals surface area contributed by atoms with Gasteiger partial charge in [0, 0.05) is 38.6 Å². The Morgan fingerprint density at radius 3 is 2.76 bits per heavy atom. The summed E-state index contributed by atoms with van der Waals surface area (Å²) in [6.07, 6.45) is 5.52. The van der Waals surface area contributed by atoms with Gasteiger partial charge in [0.05, 0.1) is 5.56 Å². The molecule has 0 aromatic carbocycles. The summed E-state index contributed by atoms with van der Waals surface area (Å²) in [5, 5.41) is 3.14. The van der Waals surface area contributed by atoms with Crippen LogP contribution in [-0.2, 0) is 0 Å². The second kappa shape index (κ2) is 7.36. The van der Waals surface area contributed by atoms with Crippen molar-refractivity contribution in [3.05, 3.63) is 18.0 Å². The first-order chi connectivity index (χ1) is 10.1. The lowest BCUT2D eigenvalue weighted by atomic mass is 10.00. The van der Waals surface area contributed by atoms with Crippen LogP contribution in [0.3, 0.4) is 0 Å². The summed E-state index contributed by atoms with van der Waals surface area (Å²) in [7, 11) is 4.04. The Morgan fingerprint density at radius 1 is 1.43 bits per heavy atom. The summed E-state index contributed by atoms with van der Waals surface area (Å²) in [6.45, 7) is 5.56. The molecule has 0 aliphatic carbocycles. The molecule has 6 nitrogen and oxygen atoms in total. The summed E-state index contributed by atoms with van der Waals surface area (Å²) in [5.74, 6) is 1.19. The number of hydrogen-bond donors (Lipinski definition) is 1. The van der Waals surface area contributed by atoms with Crippen molar-refractivity contribution in [3.63, 3.8) is 0 Å². The number of aromatic nitrogens is 2. The van der Waals surface area contributed by atoms with E-state index in [0.717, 1.165) is 32.6 Å². The van der Waals surface area contributed by atoms with E-state index < -0.39 is 0 Å². The maximum atomic E-state index is 12.4. The van der Waals surface area contributed by atoms with Crippen molar-refractivity contribution < 1.29 is 4.79 Å². The molecule has 1 atom stereocenters. The lowest BCUT2D eigenvalue weighted by molar-refractivity contribution is 0.0682. The number of carbonyl (C=O) groups is 1. The molecule has 1 aliphatic heterocycles. The fraction of sp³-hybridized carbons (Fsp3) is 0.667. The molecule has 1 unspecified atom stereocenters. The third-order valence-corrected chi connectivity index (χ3v) is 3.69. The molecule has 21 heavy (non-hydrogen) atoms. The first-order valence-corrected chi connectivity index (χ1v) is 7.56. The number of carbonyl (C=O) groups excluding carboxylic acids is 1. The predicted molar refractivity (Wildman–Crippen MR) is 83.4 cm³/mol. The van der Waals surface area contributed by atoms with Crippen LogP contribution in [0.1, 0.15) is 30.1 Å². The van der Waals surface area contributed by atoms with Crippen LogP contribution in [0.5, 0.6) is 0 Å². The summed E-state index contributed by atoms with van der Waals surface area (Å²) in [5.41, 5.74) is 0.572. The first kappa shape index (κ1) is 15.7. The minimum absolute atomic E-state index is 0.0430. The van der Waals surface area contributed by atoms with E-state index in [2.05, 4.69) is 27.1 Å². The standard InChI is InChI=1S/C15H25N5O/c1-12-5-4-7-20(11-12)14(21)13-9-17-15(18-10-13)16-6-8-19(2)3/h9-10,12H,4-8,11H2,1-3H3,(H,16,17,18). The minimum Gasteiger partial charge on any atom is -0.353 e. The molecule has 1 N–H and O–H groups in total. The van der Waals surface area contributed by atoms with Gasteiger partial charge in [0.15, 0.2) is 0 Å². The maximum Gasteiger partial charge on any atom is 0.257 e. The normalized spacial score (nSPS) is 18.9. The van der Waals surface area contributed by atoms with Gasteiger partial charge in [-0.05, 0) is 32.9 Å². The predicted octanol–water partition coefficient (Wildman–Crippen LogP) is 1.32. The van der Waals surface area contributed by atoms with Gasteiger partial charge in [0.2, 0.25) is 5.95 Å². The smallest absolute Gasteiger partial charge is 0.257 e. The number of anilines is 1. The fourth-order valence-corrected chi connectivity index (χ4v) is 2.48. The quantitative estimate of drug-likeness (QED) is 0.886. The Balaban J connectivity index is 1.90. The van der Waals surface area contributed by atoms with E-state index in [4.69, 9.17) is 0 Å². The van der Waals surface area contributed by atoms with Crippen LogP contribution in [0, 0.1) is 5.92 Å². The number of nitrogens with one attached hydrogen (secondary N) is 1. The Morgan fingerprint density at radius 2 is 2.14 bits per heavy atom. The van der Waals surface area contributed by atoms with Gasteiger partial charge in [-0.2, -0.15) is 0 Å². The molecule has 2 rings (SSSR count). The maximum absolute atomic E-state index is 12.4. The minimum atomic E-state index is 0.0430. The molecule has 1 fully saturated rings. The molecule has 1 saturated heterocycles. The lowest BCUT2D eigenvalue weighted by Gasteiger charge is -2.30. The van der Waals surface area contributed by atoms with Crippen molar-refractivity contribution in [1.29, 1.82) is 0 Å². The Bertz CT molecular complexity index is 460. The average molecular weight is 291 g/mol. The molecule has 0 spiro atoms. The lowest BCUT2D eigenvalue weighted by Crippen LogP contribution is -2.39. The van der Waals surface area contributed by atoms with Gasteiger partial charge < -0.3 is 15.1 Å². The van der Waals surface area contributed by atoms with Crippen LogP contribution in [0.25, 0.3) is 0 Å². The molecule has 1 aromatic heterocycles.